The molecular formula is C24H31FN2O2S. The third-order valence-corrected chi connectivity index (χ3v) is 5.68. The molecular weight excluding hydrogens is 399 g/mol. The van der Waals surface area contributed by atoms with E-state index in [1.165, 1.54) is 23.9 Å². The Balaban J connectivity index is 2.05. The van der Waals surface area contributed by atoms with Gasteiger partial charge in [0.2, 0.25) is 11.8 Å². The van der Waals surface area contributed by atoms with E-state index < -0.39 is 6.04 Å². The second kappa shape index (κ2) is 11.7. The van der Waals surface area contributed by atoms with Crippen LogP contribution in [0.25, 0.3) is 0 Å². The van der Waals surface area contributed by atoms with Crippen molar-refractivity contribution in [3.05, 3.63) is 71.0 Å². The maximum Gasteiger partial charge on any atom is 0.242 e. The highest BCUT2D eigenvalue weighted by molar-refractivity contribution is 7.99. The highest BCUT2D eigenvalue weighted by atomic mass is 32.2. The monoisotopic (exact) mass is 430 g/mol. The molecule has 1 N–H and O–H groups in total. The standard InChI is InChI=1S/C24H31FN2O2S/c1-17(2)13-26-24(29)19(4)27(14-21-7-5-6-18(3)12-21)23(28)16-30-15-20-8-10-22(25)11-9-20/h5-12,17,19H,13-16H2,1-4H3,(H,26,29). The summed E-state index contributed by atoms with van der Waals surface area (Å²) in [5.74, 6) is 0.700. The first-order valence-corrected chi connectivity index (χ1v) is 11.4. The van der Waals surface area contributed by atoms with Crippen LogP contribution in [-0.2, 0) is 21.9 Å². The number of nitrogens with one attached hydrogen (secondary N) is 1. The molecule has 0 aromatic heterocycles. The topological polar surface area (TPSA) is 49.4 Å². The van der Waals surface area contributed by atoms with Crippen LogP contribution in [0, 0.1) is 18.7 Å². The van der Waals surface area contributed by atoms with Gasteiger partial charge in [0.15, 0.2) is 0 Å². The Hall–Kier alpha value is -2.34. The van der Waals surface area contributed by atoms with Gasteiger partial charge < -0.3 is 10.2 Å². The molecule has 0 bridgehead atoms. The van der Waals surface area contributed by atoms with E-state index in [2.05, 4.69) is 5.32 Å². The molecule has 0 radical (unpaired) electrons. The lowest BCUT2D eigenvalue weighted by Gasteiger charge is -2.29. The van der Waals surface area contributed by atoms with Gasteiger partial charge in [-0.25, -0.2) is 4.39 Å². The minimum atomic E-state index is -0.566. The van der Waals surface area contributed by atoms with E-state index in [-0.39, 0.29) is 23.4 Å². The Bertz CT molecular complexity index is 839. The number of carbonyl (C=O) groups excluding carboxylic acids is 2. The number of thioether (sulfide) groups is 1. The van der Waals surface area contributed by atoms with Crippen LogP contribution in [0.2, 0.25) is 0 Å². The molecule has 0 spiro atoms. The summed E-state index contributed by atoms with van der Waals surface area (Å²) in [6.45, 7) is 8.81. The smallest absolute Gasteiger partial charge is 0.242 e. The van der Waals surface area contributed by atoms with E-state index in [1.807, 2.05) is 45.0 Å². The van der Waals surface area contributed by atoms with Crippen molar-refractivity contribution in [2.45, 2.75) is 46.0 Å². The number of carbonyl (C=O) groups is 2. The zero-order chi connectivity index (χ0) is 22.1. The molecule has 2 amide bonds. The molecule has 1 unspecified atom stereocenters. The first kappa shape index (κ1) is 23.9. The summed E-state index contributed by atoms with van der Waals surface area (Å²) in [5.41, 5.74) is 3.07. The molecule has 0 aliphatic rings. The van der Waals surface area contributed by atoms with Crippen LogP contribution in [0.15, 0.2) is 48.5 Å². The molecule has 4 nitrogen and oxygen atoms in total. The average Bonchev–Trinajstić information content (AvgIpc) is 2.71. The fourth-order valence-electron chi connectivity index (χ4n) is 2.96. The lowest BCUT2D eigenvalue weighted by molar-refractivity contribution is -0.138. The molecule has 6 heteroatoms. The Morgan fingerprint density at radius 1 is 1.07 bits per heavy atom. The summed E-state index contributed by atoms with van der Waals surface area (Å²) in [5, 5.41) is 2.93. The first-order chi connectivity index (χ1) is 14.3. The molecule has 162 valence electrons. The number of halogens is 1. The van der Waals surface area contributed by atoms with E-state index in [4.69, 9.17) is 0 Å². The van der Waals surface area contributed by atoms with Gasteiger partial charge in [0.05, 0.1) is 5.75 Å². The SMILES string of the molecule is Cc1cccc(CN(C(=O)CSCc2ccc(F)cc2)C(C)C(=O)NCC(C)C)c1. The van der Waals surface area contributed by atoms with Gasteiger partial charge in [-0.3, -0.25) is 9.59 Å². The first-order valence-electron chi connectivity index (χ1n) is 10.2. The Labute approximate surface area is 183 Å². The van der Waals surface area contributed by atoms with E-state index in [0.717, 1.165) is 16.7 Å². The van der Waals surface area contributed by atoms with E-state index >= 15 is 0 Å². The normalized spacial score (nSPS) is 11.9. The summed E-state index contributed by atoms with van der Waals surface area (Å²) in [7, 11) is 0. The van der Waals surface area contributed by atoms with Crippen LogP contribution < -0.4 is 5.32 Å². The van der Waals surface area contributed by atoms with Crippen molar-refractivity contribution in [3.8, 4) is 0 Å². The van der Waals surface area contributed by atoms with Crippen molar-refractivity contribution < 1.29 is 14.0 Å². The number of hydrogen-bond acceptors (Lipinski definition) is 3. The fraction of sp³-hybridized carbons (Fsp3) is 0.417. The lowest BCUT2D eigenvalue weighted by Crippen LogP contribution is -2.48. The summed E-state index contributed by atoms with van der Waals surface area (Å²) in [6, 6.07) is 13.7. The largest absolute Gasteiger partial charge is 0.354 e. The van der Waals surface area contributed by atoms with Gasteiger partial charge in [0.1, 0.15) is 11.9 Å². The maximum absolute atomic E-state index is 13.0. The predicted octanol–water partition coefficient (Wildman–Crippen LogP) is 4.56. The lowest BCUT2D eigenvalue weighted by atomic mass is 10.1. The molecule has 0 saturated carbocycles. The minimum Gasteiger partial charge on any atom is -0.354 e. The van der Waals surface area contributed by atoms with Crippen LogP contribution in [-0.4, -0.2) is 35.1 Å². The van der Waals surface area contributed by atoms with Crippen molar-refractivity contribution >= 4 is 23.6 Å². The number of hydrogen-bond donors (Lipinski definition) is 1. The molecule has 2 aromatic rings. The number of nitrogens with zero attached hydrogens (tertiary/aromatic N) is 1. The van der Waals surface area contributed by atoms with Crippen molar-refractivity contribution in [1.82, 2.24) is 10.2 Å². The summed E-state index contributed by atoms with van der Waals surface area (Å²) >= 11 is 1.46. The van der Waals surface area contributed by atoms with Crippen LogP contribution in [0.3, 0.4) is 0 Å². The van der Waals surface area contributed by atoms with Crippen LogP contribution in [0.5, 0.6) is 0 Å². The molecule has 30 heavy (non-hydrogen) atoms. The second-order valence-corrected chi connectivity index (χ2v) is 8.93. The molecule has 2 rings (SSSR count). The molecule has 0 saturated heterocycles. The van der Waals surface area contributed by atoms with E-state index in [0.29, 0.717) is 24.8 Å². The molecule has 2 aromatic carbocycles. The van der Waals surface area contributed by atoms with Gasteiger partial charge in [-0.2, -0.15) is 0 Å². The van der Waals surface area contributed by atoms with Crippen LogP contribution >= 0.6 is 11.8 Å². The number of rotatable bonds is 10. The van der Waals surface area contributed by atoms with Crippen molar-refractivity contribution in [1.29, 1.82) is 0 Å². The van der Waals surface area contributed by atoms with Gasteiger partial charge in [-0.1, -0.05) is 55.8 Å². The molecule has 0 aliphatic carbocycles. The summed E-state index contributed by atoms with van der Waals surface area (Å²) in [4.78, 5) is 27.3. The van der Waals surface area contributed by atoms with Gasteiger partial charge in [-0.05, 0) is 43.0 Å². The summed E-state index contributed by atoms with van der Waals surface area (Å²) < 4.78 is 13.0. The maximum atomic E-state index is 13.0. The van der Waals surface area contributed by atoms with E-state index in [1.54, 1.807) is 24.0 Å². The average molecular weight is 431 g/mol. The van der Waals surface area contributed by atoms with E-state index in [9.17, 15) is 14.0 Å². The number of amides is 2. The zero-order valence-electron chi connectivity index (χ0n) is 18.2. The minimum absolute atomic E-state index is 0.0872. The summed E-state index contributed by atoms with van der Waals surface area (Å²) in [6.07, 6.45) is 0. The van der Waals surface area contributed by atoms with Crippen molar-refractivity contribution in [2.75, 3.05) is 12.3 Å². The van der Waals surface area contributed by atoms with Crippen LogP contribution in [0.1, 0.15) is 37.5 Å². The van der Waals surface area contributed by atoms with Crippen molar-refractivity contribution in [3.63, 3.8) is 0 Å². The third kappa shape index (κ3) is 7.82. The predicted molar refractivity (Wildman–Crippen MR) is 122 cm³/mol. The Kier molecular flexibility index (Phi) is 9.37. The quantitative estimate of drug-likeness (QED) is 0.601. The van der Waals surface area contributed by atoms with Gasteiger partial charge >= 0.3 is 0 Å². The Morgan fingerprint density at radius 3 is 2.40 bits per heavy atom. The van der Waals surface area contributed by atoms with Crippen LogP contribution in [0.4, 0.5) is 4.39 Å². The fourth-order valence-corrected chi connectivity index (χ4v) is 3.83. The Morgan fingerprint density at radius 2 is 1.77 bits per heavy atom. The van der Waals surface area contributed by atoms with Gasteiger partial charge in [0.25, 0.3) is 0 Å². The molecule has 0 heterocycles. The van der Waals surface area contributed by atoms with Gasteiger partial charge in [0, 0.05) is 18.8 Å². The van der Waals surface area contributed by atoms with Gasteiger partial charge in [-0.15, -0.1) is 11.8 Å². The molecule has 0 fully saturated rings. The number of benzene rings is 2. The number of aryl methyl sites for hydroxylation is 1. The zero-order valence-corrected chi connectivity index (χ0v) is 19.0. The molecule has 1 atom stereocenters. The second-order valence-electron chi connectivity index (χ2n) is 7.94. The molecule has 0 aliphatic heterocycles. The van der Waals surface area contributed by atoms with Crippen molar-refractivity contribution in [2.24, 2.45) is 5.92 Å². The third-order valence-electron chi connectivity index (χ3n) is 4.69. The highest BCUT2D eigenvalue weighted by Gasteiger charge is 2.26. The highest BCUT2D eigenvalue weighted by Crippen LogP contribution is 2.17.